The Kier molecular flexibility index (Phi) is 6.54. The SMILES string of the molecule is CCn1ncc(C(=O)c2ccc(S(C)(=O)=O)c(C3=NOCC3)c2Cl)c1OC(=O)c1ccccc1. The molecule has 2 aromatic carbocycles. The van der Waals surface area contributed by atoms with E-state index < -0.39 is 21.6 Å². The lowest BCUT2D eigenvalue weighted by molar-refractivity contribution is 0.0716. The van der Waals surface area contributed by atoms with E-state index in [4.69, 9.17) is 21.2 Å². The third-order valence-corrected chi connectivity index (χ3v) is 6.71. The molecule has 0 aliphatic carbocycles. The van der Waals surface area contributed by atoms with Crippen molar-refractivity contribution < 1.29 is 27.6 Å². The van der Waals surface area contributed by atoms with Crippen molar-refractivity contribution in [1.29, 1.82) is 0 Å². The molecular formula is C23H20ClN3O6S. The summed E-state index contributed by atoms with van der Waals surface area (Å²) in [7, 11) is -3.67. The lowest BCUT2D eigenvalue weighted by atomic mass is 9.99. The highest BCUT2D eigenvalue weighted by Gasteiger charge is 2.30. The van der Waals surface area contributed by atoms with Crippen LogP contribution >= 0.6 is 11.6 Å². The summed E-state index contributed by atoms with van der Waals surface area (Å²) in [6, 6.07) is 11.0. The van der Waals surface area contributed by atoms with Crippen LogP contribution in [0.15, 0.2) is 58.7 Å². The molecule has 0 unspecified atom stereocenters. The molecule has 0 bridgehead atoms. The van der Waals surface area contributed by atoms with Gasteiger partial charge in [-0.1, -0.05) is 35.0 Å². The summed E-state index contributed by atoms with van der Waals surface area (Å²) in [5.74, 6) is -1.27. The van der Waals surface area contributed by atoms with Gasteiger partial charge in [0, 0.05) is 30.3 Å². The van der Waals surface area contributed by atoms with Crippen molar-refractivity contribution >= 4 is 38.9 Å². The van der Waals surface area contributed by atoms with E-state index in [-0.39, 0.29) is 39.1 Å². The molecule has 0 atom stereocenters. The first-order chi connectivity index (χ1) is 16.2. The Morgan fingerprint density at radius 3 is 2.50 bits per heavy atom. The van der Waals surface area contributed by atoms with E-state index in [2.05, 4.69) is 10.3 Å². The van der Waals surface area contributed by atoms with Crippen molar-refractivity contribution in [2.24, 2.45) is 5.16 Å². The first kappa shape index (κ1) is 23.7. The predicted molar refractivity (Wildman–Crippen MR) is 124 cm³/mol. The Hall–Kier alpha value is -3.50. The number of nitrogens with zero attached hydrogens (tertiary/aromatic N) is 3. The second-order valence-corrected chi connectivity index (χ2v) is 9.82. The fourth-order valence-electron chi connectivity index (χ4n) is 3.52. The van der Waals surface area contributed by atoms with Gasteiger partial charge in [-0.25, -0.2) is 17.9 Å². The molecule has 0 saturated carbocycles. The topological polar surface area (TPSA) is 117 Å². The van der Waals surface area contributed by atoms with Crippen LogP contribution in [-0.4, -0.2) is 48.5 Å². The fraction of sp³-hybridized carbons (Fsp3) is 0.217. The van der Waals surface area contributed by atoms with Crippen LogP contribution in [0.25, 0.3) is 0 Å². The van der Waals surface area contributed by atoms with Gasteiger partial charge in [0.2, 0.25) is 11.7 Å². The molecule has 176 valence electrons. The van der Waals surface area contributed by atoms with E-state index in [9.17, 15) is 18.0 Å². The van der Waals surface area contributed by atoms with Crippen LogP contribution in [0.3, 0.4) is 0 Å². The molecule has 1 aliphatic rings. The number of hydrogen-bond donors (Lipinski definition) is 0. The molecule has 0 saturated heterocycles. The van der Waals surface area contributed by atoms with Crippen molar-refractivity contribution in [2.45, 2.75) is 24.8 Å². The van der Waals surface area contributed by atoms with Gasteiger partial charge in [0.1, 0.15) is 12.2 Å². The van der Waals surface area contributed by atoms with Crippen LogP contribution in [0.4, 0.5) is 0 Å². The zero-order chi connectivity index (χ0) is 24.5. The number of aromatic nitrogens is 2. The molecule has 34 heavy (non-hydrogen) atoms. The van der Waals surface area contributed by atoms with Gasteiger partial charge in [-0.3, -0.25) is 4.79 Å². The Morgan fingerprint density at radius 2 is 1.88 bits per heavy atom. The summed E-state index contributed by atoms with van der Waals surface area (Å²) < 4.78 is 31.6. The number of sulfone groups is 1. The summed E-state index contributed by atoms with van der Waals surface area (Å²) in [6.45, 7) is 2.39. The third kappa shape index (κ3) is 4.46. The van der Waals surface area contributed by atoms with Crippen LogP contribution in [-0.2, 0) is 21.2 Å². The van der Waals surface area contributed by atoms with E-state index in [1.165, 1.54) is 23.0 Å². The van der Waals surface area contributed by atoms with Crippen LogP contribution in [0.2, 0.25) is 5.02 Å². The number of aryl methyl sites for hydroxylation is 1. The number of halogens is 1. The van der Waals surface area contributed by atoms with Crippen molar-refractivity contribution in [3.05, 3.63) is 75.9 Å². The average Bonchev–Trinajstić information content (AvgIpc) is 3.48. The number of ketones is 1. The molecule has 0 radical (unpaired) electrons. The standard InChI is InChI=1S/C23H20ClN3O6S/c1-3-27-22(33-23(29)14-7-5-4-6-8-14)16(13-25-27)21(28)15-9-10-18(34(2,30)31)19(20(15)24)17-11-12-32-26-17/h4-10,13H,3,11-12H2,1-2H3. The van der Waals surface area contributed by atoms with Gasteiger partial charge < -0.3 is 9.57 Å². The first-order valence-electron chi connectivity index (χ1n) is 10.3. The van der Waals surface area contributed by atoms with E-state index >= 15 is 0 Å². The summed E-state index contributed by atoms with van der Waals surface area (Å²) in [6.07, 6.45) is 2.68. The van der Waals surface area contributed by atoms with Crippen molar-refractivity contribution in [1.82, 2.24) is 9.78 Å². The smallest absolute Gasteiger partial charge is 0.344 e. The largest absolute Gasteiger partial charge is 0.403 e. The van der Waals surface area contributed by atoms with Gasteiger partial charge >= 0.3 is 5.97 Å². The van der Waals surface area contributed by atoms with Gasteiger partial charge in [-0.2, -0.15) is 5.10 Å². The number of hydrogen-bond acceptors (Lipinski definition) is 8. The minimum absolute atomic E-state index is 0.00991. The summed E-state index contributed by atoms with van der Waals surface area (Å²) in [5.41, 5.74) is 0.794. The highest BCUT2D eigenvalue weighted by atomic mass is 35.5. The second-order valence-electron chi connectivity index (χ2n) is 7.46. The average molecular weight is 502 g/mol. The van der Waals surface area contributed by atoms with E-state index in [1.807, 2.05) is 0 Å². The Labute approximate surface area is 200 Å². The quantitative estimate of drug-likeness (QED) is 0.359. The number of rotatable bonds is 7. The molecule has 0 fully saturated rings. The lowest BCUT2D eigenvalue weighted by Crippen LogP contribution is -2.16. The van der Waals surface area contributed by atoms with Gasteiger partial charge in [0.15, 0.2) is 9.84 Å². The highest BCUT2D eigenvalue weighted by molar-refractivity contribution is 7.90. The predicted octanol–water partition coefficient (Wildman–Crippen LogP) is 3.53. The zero-order valence-electron chi connectivity index (χ0n) is 18.3. The molecule has 2 heterocycles. The normalized spacial score (nSPS) is 13.3. The lowest BCUT2D eigenvalue weighted by Gasteiger charge is -2.13. The van der Waals surface area contributed by atoms with Crippen LogP contribution < -0.4 is 4.74 Å². The van der Waals surface area contributed by atoms with E-state index in [0.29, 0.717) is 24.2 Å². The van der Waals surface area contributed by atoms with Gasteiger partial charge in [0.05, 0.1) is 27.4 Å². The van der Waals surface area contributed by atoms with Crippen molar-refractivity contribution in [3.63, 3.8) is 0 Å². The maximum absolute atomic E-state index is 13.5. The van der Waals surface area contributed by atoms with Gasteiger partial charge in [0.25, 0.3) is 0 Å². The molecule has 3 aromatic rings. The fourth-order valence-corrected chi connectivity index (χ4v) is 4.84. The second kappa shape index (κ2) is 9.40. The molecule has 0 amide bonds. The van der Waals surface area contributed by atoms with Crippen LogP contribution in [0.1, 0.15) is 45.2 Å². The molecule has 11 heteroatoms. The monoisotopic (exact) mass is 501 g/mol. The Bertz CT molecular complexity index is 1410. The van der Waals surface area contributed by atoms with Crippen molar-refractivity contribution in [2.75, 3.05) is 12.9 Å². The molecule has 4 rings (SSSR count). The number of ether oxygens (including phenoxy) is 1. The van der Waals surface area contributed by atoms with Crippen LogP contribution in [0, 0.1) is 0 Å². The Balaban J connectivity index is 1.79. The summed E-state index contributed by atoms with van der Waals surface area (Å²) in [5, 5.41) is 7.96. The number of benzene rings is 2. The molecule has 1 aliphatic heterocycles. The Morgan fingerprint density at radius 1 is 1.15 bits per heavy atom. The van der Waals surface area contributed by atoms with E-state index in [1.54, 1.807) is 37.3 Å². The number of carbonyl (C=O) groups excluding carboxylic acids is 2. The van der Waals surface area contributed by atoms with Gasteiger partial charge in [-0.15, -0.1) is 0 Å². The molecule has 9 nitrogen and oxygen atoms in total. The molecule has 1 aromatic heterocycles. The minimum Gasteiger partial charge on any atom is -0.403 e. The van der Waals surface area contributed by atoms with E-state index in [0.717, 1.165) is 6.26 Å². The molecule has 0 N–H and O–H groups in total. The molecule has 0 spiro atoms. The maximum Gasteiger partial charge on any atom is 0.344 e. The molecular weight excluding hydrogens is 482 g/mol. The summed E-state index contributed by atoms with van der Waals surface area (Å²) >= 11 is 6.58. The number of esters is 1. The highest BCUT2D eigenvalue weighted by Crippen LogP contribution is 2.33. The van der Waals surface area contributed by atoms with Crippen LogP contribution in [0.5, 0.6) is 5.88 Å². The number of carbonyl (C=O) groups is 2. The maximum atomic E-state index is 13.5. The zero-order valence-corrected chi connectivity index (χ0v) is 19.9. The number of oxime groups is 1. The van der Waals surface area contributed by atoms with Crippen molar-refractivity contribution in [3.8, 4) is 5.88 Å². The minimum atomic E-state index is -3.67. The van der Waals surface area contributed by atoms with Gasteiger partial charge in [-0.05, 0) is 31.2 Å². The summed E-state index contributed by atoms with van der Waals surface area (Å²) in [4.78, 5) is 31.1. The first-order valence-corrected chi connectivity index (χ1v) is 12.6. The third-order valence-electron chi connectivity index (χ3n) is 5.18.